The fraction of sp³-hybridized carbons (Fsp3) is 0.308. The highest BCUT2D eigenvalue weighted by Gasteiger charge is 2.10. The van der Waals surface area contributed by atoms with E-state index in [0.717, 1.165) is 10.9 Å². The third-order valence-corrected chi connectivity index (χ3v) is 2.73. The molecule has 6 nitrogen and oxygen atoms in total. The number of amides is 1. The molecule has 1 N–H and O–H groups in total. The number of fused-ring (bicyclic) bond motifs is 1. The molecule has 0 aliphatic heterocycles. The van der Waals surface area contributed by atoms with Crippen LogP contribution in [0.4, 0.5) is 5.69 Å². The molecular formula is C13H15N3O3. The van der Waals surface area contributed by atoms with Gasteiger partial charge in [0.15, 0.2) is 0 Å². The lowest BCUT2D eigenvalue weighted by Gasteiger charge is -2.09. The summed E-state index contributed by atoms with van der Waals surface area (Å²) in [5.74, 6) is -0.0779. The molecule has 6 heteroatoms. The van der Waals surface area contributed by atoms with Gasteiger partial charge in [-0.25, -0.2) is 0 Å². The highest BCUT2D eigenvalue weighted by Crippen LogP contribution is 2.21. The van der Waals surface area contributed by atoms with Crippen molar-refractivity contribution in [1.82, 2.24) is 9.88 Å². The normalized spacial score (nSPS) is 10.9. The topological polar surface area (TPSA) is 77.2 Å². The summed E-state index contributed by atoms with van der Waals surface area (Å²) in [5.41, 5.74) is 0.862. The van der Waals surface area contributed by atoms with Crippen molar-refractivity contribution in [3.8, 4) is 0 Å². The summed E-state index contributed by atoms with van der Waals surface area (Å²) >= 11 is 0. The van der Waals surface area contributed by atoms with Crippen LogP contribution in [-0.2, 0) is 11.3 Å². The third kappa shape index (κ3) is 2.90. The predicted molar refractivity (Wildman–Crippen MR) is 71.9 cm³/mol. The molecule has 0 saturated heterocycles. The van der Waals surface area contributed by atoms with Crippen LogP contribution in [0, 0.1) is 10.1 Å². The first-order valence-corrected chi connectivity index (χ1v) is 6.00. The third-order valence-electron chi connectivity index (χ3n) is 2.73. The lowest BCUT2D eigenvalue weighted by molar-refractivity contribution is -0.384. The molecule has 0 aliphatic carbocycles. The largest absolute Gasteiger partial charge is 0.352 e. The summed E-state index contributed by atoms with van der Waals surface area (Å²) in [6.07, 6.45) is 1.76. The number of hydrogen-bond donors (Lipinski definition) is 1. The Morgan fingerprint density at radius 3 is 2.79 bits per heavy atom. The Morgan fingerprint density at radius 1 is 1.42 bits per heavy atom. The Morgan fingerprint density at radius 2 is 2.16 bits per heavy atom. The Labute approximate surface area is 110 Å². The van der Waals surface area contributed by atoms with Crippen LogP contribution in [0.1, 0.15) is 13.8 Å². The number of non-ortho nitro benzene ring substituents is 1. The van der Waals surface area contributed by atoms with Crippen LogP contribution in [0.25, 0.3) is 10.9 Å². The summed E-state index contributed by atoms with van der Waals surface area (Å²) in [7, 11) is 0. The van der Waals surface area contributed by atoms with Crippen LogP contribution in [0.15, 0.2) is 30.5 Å². The first kappa shape index (κ1) is 13.1. The quantitative estimate of drug-likeness (QED) is 0.676. The molecule has 1 heterocycles. The number of nitrogens with zero attached hydrogens (tertiary/aromatic N) is 2. The van der Waals surface area contributed by atoms with Gasteiger partial charge in [-0.15, -0.1) is 0 Å². The molecule has 100 valence electrons. The fourth-order valence-electron chi connectivity index (χ4n) is 1.96. The predicted octanol–water partition coefficient (Wildman–Crippen LogP) is 2.07. The van der Waals surface area contributed by atoms with Crippen LogP contribution < -0.4 is 5.32 Å². The highest BCUT2D eigenvalue weighted by atomic mass is 16.6. The monoisotopic (exact) mass is 261 g/mol. The molecule has 1 aromatic heterocycles. The smallest absolute Gasteiger partial charge is 0.270 e. The van der Waals surface area contributed by atoms with E-state index in [-0.39, 0.29) is 24.2 Å². The van der Waals surface area contributed by atoms with Crippen molar-refractivity contribution in [1.29, 1.82) is 0 Å². The first-order valence-electron chi connectivity index (χ1n) is 6.00. The van der Waals surface area contributed by atoms with E-state index in [1.54, 1.807) is 22.9 Å². The first-order chi connectivity index (χ1) is 8.97. The van der Waals surface area contributed by atoms with Crippen molar-refractivity contribution in [3.63, 3.8) is 0 Å². The maximum absolute atomic E-state index is 11.7. The van der Waals surface area contributed by atoms with Gasteiger partial charge in [0.05, 0.1) is 4.92 Å². The van der Waals surface area contributed by atoms with E-state index >= 15 is 0 Å². The molecule has 2 aromatic rings. The molecule has 0 fully saturated rings. The van der Waals surface area contributed by atoms with Gasteiger partial charge in [-0.3, -0.25) is 14.9 Å². The van der Waals surface area contributed by atoms with E-state index in [1.165, 1.54) is 12.1 Å². The maximum atomic E-state index is 11.7. The highest BCUT2D eigenvalue weighted by molar-refractivity contribution is 5.85. The molecule has 1 aromatic carbocycles. The molecule has 2 rings (SSSR count). The maximum Gasteiger partial charge on any atom is 0.270 e. The number of carbonyl (C=O) groups is 1. The number of rotatable bonds is 4. The minimum atomic E-state index is -0.428. The Hall–Kier alpha value is -2.37. The Bertz CT molecular complexity index is 631. The SMILES string of the molecule is CC(C)NC(=O)Cn1ccc2cc([N+](=O)[O-])ccc21. The summed E-state index contributed by atoms with van der Waals surface area (Å²) in [5, 5.41) is 14.2. The lowest BCUT2D eigenvalue weighted by Crippen LogP contribution is -2.32. The number of nitro benzene ring substituents is 1. The summed E-state index contributed by atoms with van der Waals surface area (Å²) < 4.78 is 1.77. The zero-order valence-electron chi connectivity index (χ0n) is 10.8. The standard InChI is InChI=1S/C13H15N3O3/c1-9(2)14-13(17)8-15-6-5-10-7-11(16(18)19)3-4-12(10)15/h3-7,9H,8H2,1-2H3,(H,14,17). The van der Waals surface area contributed by atoms with Crippen LogP contribution in [0.3, 0.4) is 0 Å². The average molecular weight is 261 g/mol. The van der Waals surface area contributed by atoms with Crippen LogP contribution >= 0.6 is 0 Å². The number of hydrogen-bond acceptors (Lipinski definition) is 3. The molecule has 19 heavy (non-hydrogen) atoms. The van der Waals surface area contributed by atoms with Gasteiger partial charge < -0.3 is 9.88 Å². The molecule has 0 atom stereocenters. The number of nitrogens with one attached hydrogen (secondary N) is 1. The molecule has 0 radical (unpaired) electrons. The van der Waals surface area contributed by atoms with Gasteiger partial charge in [0.25, 0.3) is 5.69 Å². The van der Waals surface area contributed by atoms with Crippen molar-refractivity contribution in [3.05, 3.63) is 40.6 Å². The average Bonchev–Trinajstić information content (AvgIpc) is 2.70. The van der Waals surface area contributed by atoms with Crippen LogP contribution in [0.2, 0.25) is 0 Å². The number of benzene rings is 1. The van der Waals surface area contributed by atoms with Gasteiger partial charge in [-0.1, -0.05) is 0 Å². The minimum Gasteiger partial charge on any atom is -0.352 e. The number of carbonyl (C=O) groups excluding carboxylic acids is 1. The number of aromatic nitrogens is 1. The van der Waals surface area contributed by atoms with E-state index in [2.05, 4.69) is 5.32 Å². The summed E-state index contributed by atoms with van der Waals surface area (Å²) in [6.45, 7) is 4.00. The van der Waals surface area contributed by atoms with E-state index in [0.29, 0.717) is 0 Å². The summed E-state index contributed by atoms with van der Waals surface area (Å²) in [6, 6.07) is 6.47. The van der Waals surface area contributed by atoms with Crippen molar-refractivity contribution in [2.45, 2.75) is 26.4 Å². The molecule has 0 bridgehead atoms. The van der Waals surface area contributed by atoms with Crippen molar-refractivity contribution in [2.24, 2.45) is 0 Å². The van der Waals surface area contributed by atoms with E-state index in [9.17, 15) is 14.9 Å². The van der Waals surface area contributed by atoms with Gasteiger partial charge in [0, 0.05) is 35.3 Å². The Kier molecular flexibility index (Phi) is 3.50. The van der Waals surface area contributed by atoms with Gasteiger partial charge in [-0.05, 0) is 26.0 Å². The number of nitro groups is 1. The fourth-order valence-corrected chi connectivity index (χ4v) is 1.96. The zero-order valence-corrected chi connectivity index (χ0v) is 10.8. The van der Waals surface area contributed by atoms with Crippen LogP contribution in [0.5, 0.6) is 0 Å². The molecule has 0 spiro atoms. The van der Waals surface area contributed by atoms with Crippen molar-refractivity contribution in [2.75, 3.05) is 0 Å². The minimum absolute atomic E-state index is 0.0527. The van der Waals surface area contributed by atoms with Gasteiger partial charge in [-0.2, -0.15) is 0 Å². The second kappa shape index (κ2) is 5.09. The van der Waals surface area contributed by atoms with E-state index < -0.39 is 4.92 Å². The molecule has 0 unspecified atom stereocenters. The molecular weight excluding hydrogens is 246 g/mol. The Balaban J connectivity index is 2.26. The lowest BCUT2D eigenvalue weighted by atomic mass is 10.2. The van der Waals surface area contributed by atoms with Gasteiger partial charge in [0.2, 0.25) is 5.91 Å². The second-order valence-corrected chi connectivity index (χ2v) is 4.67. The van der Waals surface area contributed by atoms with Crippen molar-refractivity contribution < 1.29 is 9.72 Å². The molecule has 1 amide bonds. The molecule has 0 aliphatic rings. The van der Waals surface area contributed by atoms with Gasteiger partial charge in [0.1, 0.15) is 6.54 Å². The molecule has 0 saturated carbocycles. The summed E-state index contributed by atoms with van der Waals surface area (Å²) in [4.78, 5) is 22.0. The zero-order chi connectivity index (χ0) is 14.0. The van der Waals surface area contributed by atoms with Gasteiger partial charge >= 0.3 is 0 Å². The second-order valence-electron chi connectivity index (χ2n) is 4.67. The van der Waals surface area contributed by atoms with E-state index in [1.807, 2.05) is 13.8 Å². The van der Waals surface area contributed by atoms with Crippen molar-refractivity contribution >= 4 is 22.5 Å². The van der Waals surface area contributed by atoms with E-state index in [4.69, 9.17) is 0 Å². The van der Waals surface area contributed by atoms with Crippen LogP contribution in [-0.4, -0.2) is 21.4 Å².